The summed E-state index contributed by atoms with van der Waals surface area (Å²) >= 11 is 0. The van der Waals surface area contributed by atoms with Crippen molar-refractivity contribution < 1.29 is 4.74 Å². The minimum Gasteiger partial charge on any atom is -0.491 e. The van der Waals surface area contributed by atoms with Gasteiger partial charge in [0.15, 0.2) is 0 Å². The van der Waals surface area contributed by atoms with Crippen molar-refractivity contribution in [3.05, 3.63) is 29.3 Å². The Labute approximate surface area is 105 Å². The first-order chi connectivity index (χ1) is 7.86. The Hall–Kier alpha value is -1.06. The summed E-state index contributed by atoms with van der Waals surface area (Å²) in [5, 5.41) is 0. The second-order valence-corrected chi connectivity index (χ2v) is 5.31. The van der Waals surface area contributed by atoms with Crippen LogP contribution >= 0.6 is 0 Å². The normalized spacial score (nSPS) is 11.9. The van der Waals surface area contributed by atoms with Gasteiger partial charge in [0.2, 0.25) is 0 Å². The molecule has 0 heterocycles. The fraction of sp³-hybridized carbons (Fsp3) is 0.571. The highest BCUT2D eigenvalue weighted by Gasteiger charge is 2.21. The third-order valence-electron chi connectivity index (χ3n) is 3.23. The molecule has 1 aromatic rings. The molecule has 2 N–H and O–H groups in total. The van der Waals surface area contributed by atoms with Gasteiger partial charge in [-0.05, 0) is 40.9 Å². The number of benzene rings is 1. The lowest BCUT2D eigenvalue weighted by molar-refractivity contribution is 0.113. The van der Waals surface area contributed by atoms with Crippen LogP contribution in [0.3, 0.4) is 0 Å². The van der Waals surface area contributed by atoms with Crippen molar-refractivity contribution in [1.82, 2.24) is 4.90 Å². The van der Waals surface area contributed by atoms with Crippen molar-refractivity contribution in [3.8, 4) is 5.75 Å². The van der Waals surface area contributed by atoms with Gasteiger partial charge in [0, 0.05) is 17.6 Å². The summed E-state index contributed by atoms with van der Waals surface area (Å²) < 4.78 is 5.89. The topological polar surface area (TPSA) is 38.5 Å². The maximum atomic E-state index is 5.89. The van der Waals surface area contributed by atoms with E-state index in [1.165, 1.54) is 5.56 Å². The van der Waals surface area contributed by atoms with Gasteiger partial charge in [-0.15, -0.1) is 0 Å². The molecule has 1 aromatic carbocycles. The largest absolute Gasteiger partial charge is 0.491 e. The van der Waals surface area contributed by atoms with Crippen molar-refractivity contribution in [3.63, 3.8) is 0 Å². The van der Waals surface area contributed by atoms with E-state index in [0.717, 1.165) is 11.3 Å². The number of nitrogens with zero attached hydrogens (tertiary/aromatic N) is 1. The Morgan fingerprint density at radius 2 is 1.94 bits per heavy atom. The number of aryl methyl sites for hydroxylation is 1. The molecule has 0 aliphatic heterocycles. The number of rotatable bonds is 5. The number of ether oxygens (including phenoxy) is 1. The molecule has 0 saturated heterocycles. The molecule has 0 aliphatic rings. The summed E-state index contributed by atoms with van der Waals surface area (Å²) in [6.07, 6.45) is 0. The summed E-state index contributed by atoms with van der Waals surface area (Å²) in [5.74, 6) is 0.896. The molecule has 0 amide bonds. The fourth-order valence-corrected chi connectivity index (χ4v) is 1.39. The van der Waals surface area contributed by atoms with Gasteiger partial charge in [-0.3, -0.25) is 0 Å². The van der Waals surface area contributed by atoms with Gasteiger partial charge in [0.25, 0.3) is 0 Å². The Morgan fingerprint density at radius 1 is 1.29 bits per heavy atom. The van der Waals surface area contributed by atoms with E-state index in [4.69, 9.17) is 10.5 Å². The number of nitrogens with two attached hydrogens (primary N) is 1. The molecular weight excluding hydrogens is 212 g/mol. The van der Waals surface area contributed by atoms with Crippen molar-refractivity contribution in [1.29, 1.82) is 0 Å². The standard InChI is InChI=1S/C14H24N2O/c1-11-6-7-13(12(8-11)9-15)17-10-14(2,3)16(4)5/h6-8H,9-10,15H2,1-5H3. The van der Waals surface area contributed by atoms with Crippen LogP contribution in [0.15, 0.2) is 18.2 Å². The molecule has 3 nitrogen and oxygen atoms in total. The highest BCUT2D eigenvalue weighted by molar-refractivity contribution is 5.36. The Bertz CT molecular complexity index is 372. The van der Waals surface area contributed by atoms with Gasteiger partial charge in [0.05, 0.1) is 0 Å². The van der Waals surface area contributed by atoms with Gasteiger partial charge in [-0.2, -0.15) is 0 Å². The quantitative estimate of drug-likeness (QED) is 0.851. The smallest absolute Gasteiger partial charge is 0.123 e. The molecule has 17 heavy (non-hydrogen) atoms. The molecule has 1 rings (SSSR count). The van der Waals surface area contributed by atoms with Crippen LogP contribution in [0.25, 0.3) is 0 Å². The Kier molecular flexibility index (Phi) is 4.54. The van der Waals surface area contributed by atoms with Gasteiger partial charge < -0.3 is 15.4 Å². The Balaban J connectivity index is 2.76. The molecule has 0 bridgehead atoms. The van der Waals surface area contributed by atoms with E-state index >= 15 is 0 Å². The molecule has 96 valence electrons. The summed E-state index contributed by atoms with van der Waals surface area (Å²) in [7, 11) is 4.12. The summed E-state index contributed by atoms with van der Waals surface area (Å²) in [6, 6.07) is 6.14. The average molecular weight is 236 g/mol. The second-order valence-electron chi connectivity index (χ2n) is 5.31. The predicted molar refractivity (Wildman–Crippen MR) is 72.3 cm³/mol. The van der Waals surface area contributed by atoms with Crippen LogP contribution in [0.2, 0.25) is 0 Å². The van der Waals surface area contributed by atoms with Crippen LogP contribution in [-0.2, 0) is 6.54 Å². The zero-order valence-corrected chi connectivity index (χ0v) is 11.6. The molecule has 0 aliphatic carbocycles. The maximum absolute atomic E-state index is 5.89. The third-order valence-corrected chi connectivity index (χ3v) is 3.23. The first-order valence-electron chi connectivity index (χ1n) is 5.96. The fourth-order valence-electron chi connectivity index (χ4n) is 1.39. The monoisotopic (exact) mass is 236 g/mol. The Morgan fingerprint density at radius 3 is 2.47 bits per heavy atom. The first kappa shape index (κ1) is 14.0. The van der Waals surface area contributed by atoms with E-state index in [0.29, 0.717) is 13.2 Å². The molecule has 0 aromatic heterocycles. The molecule has 0 unspecified atom stereocenters. The van der Waals surface area contributed by atoms with E-state index in [-0.39, 0.29) is 5.54 Å². The molecule has 0 saturated carbocycles. The number of hydrogen-bond donors (Lipinski definition) is 1. The number of likely N-dealkylation sites (N-methyl/N-ethyl adjacent to an activating group) is 1. The molecule has 0 atom stereocenters. The second kappa shape index (κ2) is 5.52. The first-order valence-corrected chi connectivity index (χ1v) is 5.96. The molecular formula is C14H24N2O. The lowest BCUT2D eigenvalue weighted by Crippen LogP contribution is -2.43. The van der Waals surface area contributed by atoms with Gasteiger partial charge in [-0.25, -0.2) is 0 Å². The van der Waals surface area contributed by atoms with E-state index in [1.54, 1.807) is 0 Å². The summed E-state index contributed by atoms with van der Waals surface area (Å²) in [4.78, 5) is 2.16. The van der Waals surface area contributed by atoms with E-state index in [9.17, 15) is 0 Å². The number of hydrogen-bond acceptors (Lipinski definition) is 3. The zero-order chi connectivity index (χ0) is 13.1. The SMILES string of the molecule is Cc1ccc(OCC(C)(C)N(C)C)c(CN)c1. The van der Waals surface area contributed by atoms with Crippen LogP contribution in [0.4, 0.5) is 0 Å². The van der Waals surface area contributed by atoms with Crippen molar-refractivity contribution >= 4 is 0 Å². The van der Waals surface area contributed by atoms with Gasteiger partial charge in [0.1, 0.15) is 12.4 Å². The van der Waals surface area contributed by atoms with E-state index in [1.807, 2.05) is 6.07 Å². The highest BCUT2D eigenvalue weighted by Crippen LogP contribution is 2.21. The van der Waals surface area contributed by atoms with Crippen molar-refractivity contribution in [2.24, 2.45) is 5.73 Å². The minimum atomic E-state index is 0.0107. The molecule has 0 spiro atoms. The van der Waals surface area contributed by atoms with E-state index in [2.05, 4.69) is 51.9 Å². The molecule has 0 radical (unpaired) electrons. The van der Waals surface area contributed by atoms with Crippen LogP contribution in [0.1, 0.15) is 25.0 Å². The van der Waals surface area contributed by atoms with Crippen LogP contribution in [0, 0.1) is 6.92 Å². The van der Waals surface area contributed by atoms with Crippen LogP contribution in [0.5, 0.6) is 5.75 Å². The lowest BCUT2D eigenvalue weighted by atomic mass is 10.1. The molecule has 0 fully saturated rings. The lowest BCUT2D eigenvalue weighted by Gasteiger charge is -2.32. The summed E-state index contributed by atoms with van der Waals surface area (Å²) in [6.45, 7) is 7.54. The minimum absolute atomic E-state index is 0.0107. The predicted octanol–water partition coefficient (Wildman–Crippen LogP) is 2.17. The van der Waals surface area contributed by atoms with Crippen molar-refractivity contribution in [2.45, 2.75) is 32.9 Å². The van der Waals surface area contributed by atoms with Crippen LogP contribution < -0.4 is 10.5 Å². The summed E-state index contributed by atoms with van der Waals surface area (Å²) in [5.41, 5.74) is 8.02. The highest BCUT2D eigenvalue weighted by atomic mass is 16.5. The maximum Gasteiger partial charge on any atom is 0.123 e. The molecule has 3 heteroatoms. The van der Waals surface area contributed by atoms with Gasteiger partial charge >= 0.3 is 0 Å². The van der Waals surface area contributed by atoms with Gasteiger partial charge in [-0.1, -0.05) is 17.7 Å². The van der Waals surface area contributed by atoms with Crippen molar-refractivity contribution in [2.75, 3.05) is 20.7 Å². The van der Waals surface area contributed by atoms with E-state index < -0.39 is 0 Å². The average Bonchev–Trinajstić information content (AvgIpc) is 2.27. The zero-order valence-electron chi connectivity index (χ0n) is 11.6. The third kappa shape index (κ3) is 3.72. The van der Waals surface area contributed by atoms with Crippen LogP contribution in [-0.4, -0.2) is 31.1 Å².